The topological polar surface area (TPSA) is 26.0 Å². The van der Waals surface area contributed by atoms with E-state index in [4.69, 9.17) is 5.73 Å². The van der Waals surface area contributed by atoms with E-state index in [9.17, 15) is 0 Å². The minimum absolute atomic E-state index is 0.794. The standard InChI is InChI=1S/C19H17N/c1-14-7-12-18(16-8-10-17(20)11-9-16)19(13-14)15-5-3-2-4-6-15/h2-13H,20H2,1H3. The molecule has 0 aliphatic heterocycles. The average molecular weight is 259 g/mol. The first-order valence-electron chi connectivity index (χ1n) is 6.76. The predicted octanol–water partition coefficient (Wildman–Crippen LogP) is 4.91. The van der Waals surface area contributed by atoms with Crippen LogP contribution in [0.4, 0.5) is 5.69 Å². The van der Waals surface area contributed by atoms with Crippen LogP contribution in [-0.4, -0.2) is 0 Å². The second kappa shape index (κ2) is 5.22. The van der Waals surface area contributed by atoms with Gasteiger partial charge in [-0.2, -0.15) is 0 Å². The van der Waals surface area contributed by atoms with Gasteiger partial charge in [-0.1, -0.05) is 66.2 Å². The monoisotopic (exact) mass is 259 g/mol. The highest BCUT2D eigenvalue weighted by Gasteiger charge is 2.07. The highest BCUT2D eigenvalue weighted by Crippen LogP contribution is 2.33. The van der Waals surface area contributed by atoms with Crippen molar-refractivity contribution in [3.63, 3.8) is 0 Å². The molecule has 0 aliphatic carbocycles. The van der Waals surface area contributed by atoms with Crippen LogP contribution in [0.3, 0.4) is 0 Å². The summed E-state index contributed by atoms with van der Waals surface area (Å²) in [5.74, 6) is 0. The van der Waals surface area contributed by atoms with Crippen LogP contribution in [0.15, 0.2) is 72.8 Å². The second-order valence-corrected chi connectivity index (χ2v) is 5.04. The molecule has 3 aromatic rings. The average Bonchev–Trinajstić information content (AvgIpc) is 2.49. The van der Waals surface area contributed by atoms with Crippen molar-refractivity contribution in [3.05, 3.63) is 78.4 Å². The molecule has 0 heterocycles. The highest BCUT2D eigenvalue weighted by molar-refractivity contribution is 5.84. The molecule has 0 spiro atoms. The van der Waals surface area contributed by atoms with Crippen LogP contribution in [0.1, 0.15) is 5.56 Å². The van der Waals surface area contributed by atoms with Gasteiger partial charge in [-0.25, -0.2) is 0 Å². The van der Waals surface area contributed by atoms with Crippen LogP contribution in [0, 0.1) is 6.92 Å². The Morgan fingerprint density at radius 1 is 0.650 bits per heavy atom. The van der Waals surface area contributed by atoms with E-state index < -0.39 is 0 Å². The summed E-state index contributed by atoms with van der Waals surface area (Å²) in [5, 5.41) is 0. The summed E-state index contributed by atoms with van der Waals surface area (Å²) in [5.41, 5.74) is 12.8. The van der Waals surface area contributed by atoms with Gasteiger partial charge in [0.1, 0.15) is 0 Å². The third-order valence-corrected chi connectivity index (χ3v) is 3.48. The fourth-order valence-electron chi connectivity index (χ4n) is 2.43. The number of hydrogen-bond acceptors (Lipinski definition) is 1. The fraction of sp³-hybridized carbons (Fsp3) is 0.0526. The minimum atomic E-state index is 0.794. The molecule has 20 heavy (non-hydrogen) atoms. The van der Waals surface area contributed by atoms with Crippen molar-refractivity contribution in [1.82, 2.24) is 0 Å². The molecule has 0 bridgehead atoms. The molecule has 2 N–H and O–H groups in total. The molecular weight excluding hydrogens is 242 g/mol. The third-order valence-electron chi connectivity index (χ3n) is 3.48. The van der Waals surface area contributed by atoms with E-state index in [2.05, 4.69) is 61.5 Å². The Labute approximate surface area is 119 Å². The summed E-state index contributed by atoms with van der Waals surface area (Å²) < 4.78 is 0. The summed E-state index contributed by atoms with van der Waals surface area (Å²) in [7, 11) is 0. The summed E-state index contributed by atoms with van der Waals surface area (Å²) in [4.78, 5) is 0. The Morgan fingerprint density at radius 3 is 2.00 bits per heavy atom. The van der Waals surface area contributed by atoms with Crippen LogP contribution < -0.4 is 5.73 Å². The number of nitrogens with two attached hydrogens (primary N) is 1. The Hall–Kier alpha value is -2.54. The summed E-state index contributed by atoms with van der Waals surface area (Å²) in [6, 6.07) is 25.1. The lowest BCUT2D eigenvalue weighted by molar-refractivity contribution is 1.46. The zero-order valence-electron chi connectivity index (χ0n) is 11.5. The molecular formula is C19H17N. The lowest BCUT2D eigenvalue weighted by atomic mass is 9.93. The van der Waals surface area contributed by atoms with Crippen molar-refractivity contribution < 1.29 is 0 Å². The molecule has 98 valence electrons. The normalized spacial score (nSPS) is 10.4. The van der Waals surface area contributed by atoms with E-state index in [0.29, 0.717) is 0 Å². The maximum absolute atomic E-state index is 5.78. The van der Waals surface area contributed by atoms with E-state index in [-0.39, 0.29) is 0 Å². The molecule has 0 saturated carbocycles. The van der Waals surface area contributed by atoms with Gasteiger partial charge in [-0.05, 0) is 41.3 Å². The maximum atomic E-state index is 5.78. The minimum Gasteiger partial charge on any atom is -0.399 e. The molecule has 1 heteroatoms. The van der Waals surface area contributed by atoms with Gasteiger partial charge in [0.25, 0.3) is 0 Å². The first-order chi connectivity index (χ1) is 9.74. The quantitative estimate of drug-likeness (QED) is 0.650. The zero-order valence-corrected chi connectivity index (χ0v) is 11.5. The summed E-state index contributed by atoms with van der Waals surface area (Å²) >= 11 is 0. The Kier molecular flexibility index (Phi) is 3.26. The van der Waals surface area contributed by atoms with Crippen molar-refractivity contribution in [3.8, 4) is 22.3 Å². The van der Waals surface area contributed by atoms with Gasteiger partial charge in [-0.15, -0.1) is 0 Å². The molecule has 0 fully saturated rings. The van der Waals surface area contributed by atoms with Crippen molar-refractivity contribution in [2.24, 2.45) is 0 Å². The summed E-state index contributed by atoms with van der Waals surface area (Å²) in [6.45, 7) is 2.12. The van der Waals surface area contributed by atoms with E-state index >= 15 is 0 Å². The van der Waals surface area contributed by atoms with Crippen molar-refractivity contribution >= 4 is 5.69 Å². The zero-order chi connectivity index (χ0) is 13.9. The number of benzene rings is 3. The molecule has 0 aliphatic rings. The lowest BCUT2D eigenvalue weighted by Crippen LogP contribution is -1.88. The first-order valence-corrected chi connectivity index (χ1v) is 6.76. The van der Waals surface area contributed by atoms with Crippen molar-refractivity contribution in [2.45, 2.75) is 6.92 Å². The van der Waals surface area contributed by atoms with E-state index in [1.165, 1.54) is 27.8 Å². The lowest BCUT2D eigenvalue weighted by Gasteiger charge is -2.11. The number of rotatable bonds is 2. The number of anilines is 1. The molecule has 0 unspecified atom stereocenters. The van der Waals surface area contributed by atoms with Crippen LogP contribution in [-0.2, 0) is 0 Å². The highest BCUT2D eigenvalue weighted by atomic mass is 14.5. The first kappa shape index (κ1) is 12.5. The van der Waals surface area contributed by atoms with Crippen LogP contribution >= 0.6 is 0 Å². The smallest absolute Gasteiger partial charge is 0.0314 e. The third kappa shape index (κ3) is 2.43. The molecule has 0 amide bonds. The SMILES string of the molecule is Cc1ccc(-c2ccc(N)cc2)c(-c2ccccc2)c1. The Balaban J connectivity index is 2.19. The maximum Gasteiger partial charge on any atom is 0.0314 e. The van der Waals surface area contributed by atoms with Gasteiger partial charge in [0, 0.05) is 5.69 Å². The molecule has 0 radical (unpaired) electrons. The van der Waals surface area contributed by atoms with Gasteiger partial charge in [0.15, 0.2) is 0 Å². The Morgan fingerprint density at radius 2 is 1.30 bits per heavy atom. The summed E-state index contributed by atoms with van der Waals surface area (Å²) in [6.07, 6.45) is 0. The molecule has 0 atom stereocenters. The van der Waals surface area contributed by atoms with Gasteiger partial charge >= 0.3 is 0 Å². The van der Waals surface area contributed by atoms with Crippen LogP contribution in [0.5, 0.6) is 0 Å². The van der Waals surface area contributed by atoms with Gasteiger partial charge < -0.3 is 5.73 Å². The van der Waals surface area contributed by atoms with Gasteiger partial charge in [-0.3, -0.25) is 0 Å². The van der Waals surface area contributed by atoms with E-state index in [1.807, 2.05) is 18.2 Å². The molecule has 0 aromatic heterocycles. The van der Waals surface area contributed by atoms with Crippen LogP contribution in [0.2, 0.25) is 0 Å². The van der Waals surface area contributed by atoms with Crippen molar-refractivity contribution in [1.29, 1.82) is 0 Å². The number of nitrogen functional groups attached to an aromatic ring is 1. The number of aryl methyl sites for hydroxylation is 1. The van der Waals surface area contributed by atoms with E-state index in [1.54, 1.807) is 0 Å². The molecule has 3 rings (SSSR count). The molecule has 1 nitrogen and oxygen atoms in total. The predicted molar refractivity (Wildman–Crippen MR) is 86.5 cm³/mol. The second-order valence-electron chi connectivity index (χ2n) is 5.04. The largest absolute Gasteiger partial charge is 0.399 e. The van der Waals surface area contributed by atoms with Crippen LogP contribution in [0.25, 0.3) is 22.3 Å². The fourth-order valence-corrected chi connectivity index (χ4v) is 2.43. The molecule has 0 saturated heterocycles. The Bertz CT molecular complexity index is 713. The molecule has 3 aromatic carbocycles. The van der Waals surface area contributed by atoms with Gasteiger partial charge in [0.2, 0.25) is 0 Å². The van der Waals surface area contributed by atoms with Crippen molar-refractivity contribution in [2.75, 3.05) is 5.73 Å². The van der Waals surface area contributed by atoms with Gasteiger partial charge in [0.05, 0.1) is 0 Å². The van der Waals surface area contributed by atoms with E-state index in [0.717, 1.165) is 5.69 Å². The number of hydrogen-bond donors (Lipinski definition) is 1.